The van der Waals surface area contributed by atoms with Crippen LogP contribution in [-0.4, -0.2) is 22.9 Å². The van der Waals surface area contributed by atoms with E-state index in [9.17, 15) is 0 Å². The van der Waals surface area contributed by atoms with Gasteiger partial charge in [-0.25, -0.2) is 0 Å². The second-order valence-corrected chi connectivity index (χ2v) is 6.62. The summed E-state index contributed by atoms with van der Waals surface area (Å²) in [5.41, 5.74) is 0.284. The van der Waals surface area contributed by atoms with Crippen molar-refractivity contribution >= 4 is 31.9 Å². The van der Waals surface area contributed by atoms with Crippen LogP contribution in [0.5, 0.6) is 0 Å². The van der Waals surface area contributed by atoms with Gasteiger partial charge in [0.25, 0.3) is 0 Å². The quantitative estimate of drug-likeness (QED) is 0.639. The second-order valence-electron chi connectivity index (χ2n) is 5.50. The molecule has 0 heterocycles. The lowest BCUT2D eigenvalue weighted by atomic mass is 9.78. The average molecular weight is 344 g/mol. The SMILES string of the molecule is CC(C)C(CBr)(CBr)CCOC(C)(C)C. The molecule has 0 aromatic rings. The van der Waals surface area contributed by atoms with Crippen molar-refractivity contribution in [1.82, 2.24) is 0 Å². The highest BCUT2D eigenvalue weighted by molar-refractivity contribution is 9.09. The maximum absolute atomic E-state index is 5.80. The Hall–Kier alpha value is 0.920. The van der Waals surface area contributed by atoms with E-state index < -0.39 is 0 Å². The summed E-state index contributed by atoms with van der Waals surface area (Å²) in [7, 11) is 0. The molecular formula is C12H24Br2O. The summed E-state index contributed by atoms with van der Waals surface area (Å²) >= 11 is 7.26. The van der Waals surface area contributed by atoms with E-state index in [0.29, 0.717) is 11.3 Å². The molecule has 0 saturated heterocycles. The van der Waals surface area contributed by atoms with Crippen LogP contribution in [0, 0.1) is 11.3 Å². The van der Waals surface area contributed by atoms with Gasteiger partial charge in [0.15, 0.2) is 0 Å². The van der Waals surface area contributed by atoms with Crippen molar-refractivity contribution in [3.05, 3.63) is 0 Å². The molecule has 0 N–H and O–H groups in total. The van der Waals surface area contributed by atoms with Crippen molar-refractivity contribution < 1.29 is 4.74 Å². The van der Waals surface area contributed by atoms with E-state index in [1.807, 2.05) is 0 Å². The van der Waals surface area contributed by atoms with Crippen LogP contribution in [0.4, 0.5) is 0 Å². The molecule has 0 aromatic carbocycles. The largest absolute Gasteiger partial charge is 0.376 e. The minimum Gasteiger partial charge on any atom is -0.376 e. The first-order valence-corrected chi connectivity index (χ1v) is 7.77. The normalized spacial score (nSPS) is 13.6. The van der Waals surface area contributed by atoms with Crippen LogP contribution in [0.15, 0.2) is 0 Å². The molecule has 0 atom stereocenters. The van der Waals surface area contributed by atoms with Crippen LogP contribution in [0.2, 0.25) is 0 Å². The van der Waals surface area contributed by atoms with Crippen LogP contribution in [-0.2, 0) is 4.74 Å². The van der Waals surface area contributed by atoms with Gasteiger partial charge >= 0.3 is 0 Å². The first-order chi connectivity index (χ1) is 6.77. The predicted molar refractivity (Wildman–Crippen MR) is 75.2 cm³/mol. The van der Waals surface area contributed by atoms with E-state index in [-0.39, 0.29) is 5.60 Å². The number of hydrogen-bond donors (Lipinski definition) is 0. The first kappa shape index (κ1) is 15.9. The number of alkyl halides is 2. The van der Waals surface area contributed by atoms with Gasteiger partial charge in [-0.3, -0.25) is 0 Å². The molecule has 0 unspecified atom stereocenters. The van der Waals surface area contributed by atoms with Gasteiger partial charge in [0, 0.05) is 17.3 Å². The van der Waals surface area contributed by atoms with E-state index in [4.69, 9.17) is 4.74 Å². The highest BCUT2D eigenvalue weighted by atomic mass is 79.9. The average Bonchev–Trinajstić information content (AvgIpc) is 2.10. The minimum absolute atomic E-state index is 0.0264. The summed E-state index contributed by atoms with van der Waals surface area (Å²) in [6.07, 6.45) is 1.10. The van der Waals surface area contributed by atoms with Crippen molar-refractivity contribution in [2.45, 2.75) is 46.6 Å². The molecule has 1 nitrogen and oxygen atoms in total. The van der Waals surface area contributed by atoms with Gasteiger partial charge in [0.1, 0.15) is 0 Å². The Morgan fingerprint density at radius 3 is 1.80 bits per heavy atom. The molecule has 0 fully saturated rings. The molecule has 0 rings (SSSR count). The van der Waals surface area contributed by atoms with E-state index >= 15 is 0 Å². The molecule has 0 aliphatic rings. The zero-order valence-corrected chi connectivity index (χ0v) is 13.7. The van der Waals surface area contributed by atoms with Gasteiger partial charge in [-0.15, -0.1) is 0 Å². The minimum atomic E-state index is -0.0264. The highest BCUT2D eigenvalue weighted by Gasteiger charge is 2.31. The Balaban J connectivity index is 4.19. The molecule has 3 heteroatoms. The van der Waals surface area contributed by atoms with Crippen LogP contribution in [0.1, 0.15) is 41.0 Å². The van der Waals surface area contributed by atoms with E-state index in [1.165, 1.54) is 0 Å². The standard InChI is InChI=1S/C12H24Br2O/c1-10(2)12(8-13,9-14)6-7-15-11(3,4)5/h10H,6-9H2,1-5H3. The smallest absolute Gasteiger partial charge is 0.0598 e. The number of ether oxygens (including phenoxy) is 1. The summed E-state index contributed by atoms with van der Waals surface area (Å²) in [5.74, 6) is 0.653. The summed E-state index contributed by atoms with van der Waals surface area (Å²) in [6.45, 7) is 11.7. The molecule has 0 aliphatic heterocycles. The lowest BCUT2D eigenvalue weighted by Gasteiger charge is -2.35. The van der Waals surface area contributed by atoms with Crippen LogP contribution in [0.3, 0.4) is 0 Å². The van der Waals surface area contributed by atoms with Gasteiger partial charge in [-0.05, 0) is 38.5 Å². The Morgan fingerprint density at radius 2 is 1.53 bits per heavy atom. The Kier molecular flexibility index (Phi) is 7.01. The van der Waals surface area contributed by atoms with Gasteiger partial charge in [-0.1, -0.05) is 45.7 Å². The molecule has 15 heavy (non-hydrogen) atoms. The second kappa shape index (κ2) is 6.61. The van der Waals surface area contributed by atoms with Crippen molar-refractivity contribution in [3.8, 4) is 0 Å². The number of hydrogen-bond acceptors (Lipinski definition) is 1. The Bertz CT molecular complexity index is 169. The fourth-order valence-corrected chi connectivity index (χ4v) is 4.11. The fourth-order valence-electron chi connectivity index (χ4n) is 1.33. The summed E-state index contributed by atoms with van der Waals surface area (Å²) < 4.78 is 5.80. The van der Waals surface area contributed by atoms with Crippen molar-refractivity contribution in [3.63, 3.8) is 0 Å². The predicted octanol–water partition coefficient (Wildman–Crippen LogP) is 4.62. The lowest BCUT2D eigenvalue weighted by molar-refractivity contribution is -0.0186. The van der Waals surface area contributed by atoms with Crippen molar-refractivity contribution in [2.24, 2.45) is 11.3 Å². The van der Waals surface area contributed by atoms with E-state index in [1.54, 1.807) is 0 Å². The van der Waals surface area contributed by atoms with Crippen LogP contribution < -0.4 is 0 Å². The Labute approximate surface area is 112 Å². The molecule has 92 valence electrons. The topological polar surface area (TPSA) is 9.23 Å². The molecule has 0 spiro atoms. The molecule has 0 aliphatic carbocycles. The van der Waals surface area contributed by atoms with Crippen molar-refractivity contribution in [1.29, 1.82) is 0 Å². The van der Waals surface area contributed by atoms with Gasteiger partial charge in [-0.2, -0.15) is 0 Å². The fraction of sp³-hybridized carbons (Fsp3) is 1.00. The van der Waals surface area contributed by atoms with Gasteiger partial charge in [0.2, 0.25) is 0 Å². The summed E-state index contributed by atoms with van der Waals surface area (Å²) in [6, 6.07) is 0. The third kappa shape index (κ3) is 5.69. The molecular weight excluding hydrogens is 320 g/mol. The maximum Gasteiger partial charge on any atom is 0.0598 e. The molecule has 0 radical (unpaired) electrons. The third-order valence-electron chi connectivity index (χ3n) is 2.89. The van der Waals surface area contributed by atoms with Crippen molar-refractivity contribution in [2.75, 3.05) is 17.3 Å². The first-order valence-electron chi connectivity index (χ1n) is 5.53. The monoisotopic (exact) mass is 342 g/mol. The third-order valence-corrected chi connectivity index (χ3v) is 5.13. The van der Waals surface area contributed by atoms with Gasteiger partial charge in [0.05, 0.1) is 5.60 Å². The van der Waals surface area contributed by atoms with Crippen LogP contribution in [0.25, 0.3) is 0 Å². The zero-order chi connectivity index (χ0) is 12.1. The molecule has 0 saturated carbocycles. The number of halogens is 2. The molecule has 0 amide bonds. The zero-order valence-electron chi connectivity index (χ0n) is 10.6. The van der Waals surface area contributed by atoms with Gasteiger partial charge < -0.3 is 4.74 Å². The summed E-state index contributed by atoms with van der Waals surface area (Å²) in [4.78, 5) is 0. The Morgan fingerprint density at radius 1 is 1.07 bits per heavy atom. The molecule has 0 bridgehead atoms. The number of rotatable bonds is 6. The maximum atomic E-state index is 5.80. The van der Waals surface area contributed by atoms with Crippen LogP contribution >= 0.6 is 31.9 Å². The molecule has 0 aromatic heterocycles. The lowest BCUT2D eigenvalue weighted by Crippen LogP contribution is -2.34. The highest BCUT2D eigenvalue weighted by Crippen LogP contribution is 2.36. The van der Waals surface area contributed by atoms with E-state index in [0.717, 1.165) is 23.7 Å². The summed E-state index contributed by atoms with van der Waals surface area (Å²) in [5, 5.41) is 2.05. The van der Waals surface area contributed by atoms with E-state index in [2.05, 4.69) is 66.5 Å².